The molecular formula is C14H13BrF2N2O. The van der Waals surface area contributed by atoms with Gasteiger partial charge < -0.3 is 9.88 Å². The summed E-state index contributed by atoms with van der Waals surface area (Å²) in [7, 11) is 0. The van der Waals surface area contributed by atoms with E-state index in [1.54, 1.807) is 12.1 Å². The van der Waals surface area contributed by atoms with Crippen LogP contribution in [0.1, 0.15) is 16.1 Å². The maximum atomic E-state index is 12.4. The van der Waals surface area contributed by atoms with Gasteiger partial charge in [-0.25, -0.2) is 8.78 Å². The maximum absolute atomic E-state index is 12.4. The van der Waals surface area contributed by atoms with Gasteiger partial charge in [-0.15, -0.1) is 0 Å². The molecule has 0 unspecified atom stereocenters. The highest BCUT2D eigenvalue weighted by atomic mass is 79.9. The van der Waals surface area contributed by atoms with Gasteiger partial charge in [0.1, 0.15) is 5.69 Å². The second-order valence-electron chi connectivity index (χ2n) is 4.41. The van der Waals surface area contributed by atoms with Crippen LogP contribution < -0.4 is 5.32 Å². The lowest BCUT2D eigenvalue weighted by Gasteiger charge is -2.10. The molecule has 1 aromatic carbocycles. The highest BCUT2D eigenvalue weighted by molar-refractivity contribution is 9.10. The second kappa shape index (κ2) is 6.17. The molecule has 106 valence electrons. The average Bonchev–Trinajstić information content (AvgIpc) is 2.74. The predicted octanol–water partition coefficient (Wildman–Crippen LogP) is 4.08. The molecule has 2 aromatic rings. The summed E-state index contributed by atoms with van der Waals surface area (Å²) in [6.45, 7) is 1.41. The van der Waals surface area contributed by atoms with Crippen molar-refractivity contribution >= 4 is 27.5 Å². The van der Waals surface area contributed by atoms with Crippen LogP contribution in [0.2, 0.25) is 0 Å². The Morgan fingerprint density at radius 3 is 2.80 bits per heavy atom. The number of hydrogen-bond donors (Lipinski definition) is 1. The van der Waals surface area contributed by atoms with Crippen LogP contribution in [-0.2, 0) is 6.54 Å². The molecule has 0 saturated carbocycles. The smallest absolute Gasteiger partial charge is 0.272 e. The first-order valence-corrected chi connectivity index (χ1v) is 6.77. The van der Waals surface area contributed by atoms with Crippen LogP contribution in [0.3, 0.4) is 0 Å². The largest absolute Gasteiger partial charge is 0.338 e. The second-order valence-corrected chi connectivity index (χ2v) is 5.32. The Balaban J connectivity index is 2.18. The summed E-state index contributed by atoms with van der Waals surface area (Å²) in [6, 6.07) is 8.56. The van der Waals surface area contributed by atoms with E-state index in [-0.39, 0.29) is 5.69 Å². The summed E-state index contributed by atoms with van der Waals surface area (Å²) in [5.41, 5.74) is 1.81. The molecule has 2 rings (SSSR count). The molecular weight excluding hydrogens is 330 g/mol. The number of hydrogen-bond acceptors (Lipinski definition) is 1. The fraction of sp³-hybridized carbons (Fsp3) is 0.214. The van der Waals surface area contributed by atoms with Crippen molar-refractivity contribution in [2.45, 2.75) is 19.9 Å². The molecule has 0 aliphatic rings. The number of benzene rings is 1. The van der Waals surface area contributed by atoms with Crippen molar-refractivity contribution in [3.8, 4) is 0 Å². The van der Waals surface area contributed by atoms with Gasteiger partial charge in [-0.1, -0.05) is 15.9 Å². The highest BCUT2D eigenvalue weighted by Crippen LogP contribution is 2.20. The van der Waals surface area contributed by atoms with Gasteiger partial charge in [0.15, 0.2) is 0 Å². The number of nitrogens with one attached hydrogen (secondary N) is 1. The first-order valence-electron chi connectivity index (χ1n) is 5.97. The van der Waals surface area contributed by atoms with Crippen LogP contribution in [-0.4, -0.2) is 16.9 Å². The standard InChI is InChI=1S/C14H13BrF2N2O/c1-9-5-10(15)7-11(6-9)18-14(20)12-3-2-4-19(12)8-13(16)17/h2-7,13H,8H2,1H3,(H,18,20). The number of halogens is 3. The zero-order chi connectivity index (χ0) is 14.7. The Kier molecular flexibility index (Phi) is 4.54. The fourth-order valence-electron chi connectivity index (χ4n) is 1.93. The summed E-state index contributed by atoms with van der Waals surface area (Å²) in [5.74, 6) is -0.409. The molecule has 0 spiro atoms. The number of aryl methyl sites for hydroxylation is 1. The van der Waals surface area contributed by atoms with Crippen molar-refractivity contribution in [1.82, 2.24) is 4.57 Å². The van der Waals surface area contributed by atoms with E-state index in [1.807, 2.05) is 19.1 Å². The minimum atomic E-state index is -2.50. The van der Waals surface area contributed by atoms with Gasteiger partial charge in [0.05, 0.1) is 6.54 Å². The van der Waals surface area contributed by atoms with E-state index in [4.69, 9.17) is 0 Å². The molecule has 0 radical (unpaired) electrons. The van der Waals surface area contributed by atoms with Gasteiger partial charge in [-0.2, -0.15) is 0 Å². The van der Waals surface area contributed by atoms with E-state index in [0.717, 1.165) is 10.0 Å². The van der Waals surface area contributed by atoms with Crippen LogP contribution in [0, 0.1) is 6.92 Å². The molecule has 3 nitrogen and oxygen atoms in total. The number of aromatic nitrogens is 1. The SMILES string of the molecule is Cc1cc(Br)cc(NC(=O)c2cccn2CC(F)F)c1. The van der Waals surface area contributed by atoms with E-state index >= 15 is 0 Å². The molecule has 1 N–H and O–H groups in total. The third-order valence-corrected chi connectivity index (χ3v) is 3.15. The van der Waals surface area contributed by atoms with Gasteiger partial charge >= 0.3 is 0 Å². The van der Waals surface area contributed by atoms with Gasteiger partial charge in [-0.05, 0) is 42.8 Å². The van der Waals surface area contributed by atoms with E-state index in [1.165, 1.54) is 16.8 Å². The Labute approximate surface area is 123 Å². The summed E-state index contributed by atoms with van der Waals surface area (Å²) in [6.07, 6.45) is -1.03. The van der Waals surface area contributed by atoms with Gasteiger partial charge in [-0.3, -0.25) is 4.79 Å². The molecule has 1 amide bonds. The zero-order valence-electron chi connectivity index (χ0n) is 10.7. The quantitative estimate of drug-likeness (QED) is 0.892. The lowest BCUT2D eigenvalue weighted by Crippen LogP contribution is -2.18. The maximum Gasteiger partial charge on any atom is 0.272 e. The van der Waals surface area contributed by atoms with Crippen LogP contribution >= 0.6 is 15.9 Å². The zero-order valence-corrected chi connectivity index (χ0v) is 12.3. The number of nitrogens with zero attached hydrogens (tertiary/aromatic N) is 1. The Morgan fingerprint density at radius 1 is 1.40 bits per heavy atom. The third-order valence-electron chi connectivity index (χ3n) is 2.70. The minimum Gasteiger partial charge on any atom is -0.338 e. The number of alkyl halides is 2. The molecule has 1 aromatic heterocycles. The van der Waals surface area contributed by atoms with Crippen LogP contribution in [0.15, 0.2) is 41.0 Å². The first kappa shape index (κ1) is 14.7. The number of anilines is 1. The molecule has 0 aliphatic carbocycles. The molecule has 1 heterocycles. The monoisotopic (exact) mass is 342 g/mol. The van der Waals surface area contributed by atoms with Crippen molar-refractivity contribution in [1.29, 1.82) is 0 Å². The fourth-order valence-corrected chi connectivity index (χ4v) is 2.54. The number of rotatable bonds is 4. The number of carbonyl (C=O) groups excluding carboxylic acids is 1. The van der Waals surface area contributed by atoms with Gasteiger partial charge in [0, 0.05) is 16.4 Å². The van der Waals surface area contributed by atoms with Crippen molar-refractivity contribution in [2.24, 2.45) is 0 Å². The Hall–Kier alpha value is -1.69. The summed E-state index contributed by atoms with van der Waals surface area (Å²) in [5, 5.41) is 2.70. The summed E-state index contributed by atoms with van der Waals surface area (Å²) < 4.78 is 26.9. The number of carbonyl (C=O) groups is 1. The van der Waals surface area contributed by atoms with Crippen molar-refractivity contribution in [3.63, 3.8) is 0 Å². The normalized spacial score (nSPS) is 10.8. The van der Waals surface area contributed by atoms with E-state index in [9.17, 15) is 13.6 Å². The van der Waals surface area contributed by atoms with Crippen molar-refractivity contribution in [3.05, 3.63) is 52.3 Å². The third kappa shape index (κ3) is 3.66. The van der Waals surface area contributed by atoms with Gasteiger partial charge in [0.25, 0.3) is 12.3 Å². The molecule has 0 aliphatic heterocycles. The lowest BCUT2D eigenvalue weighted by atomic mass is 10.2. The summed E-state index contributed by atoms with van der Waals surface area (Å²) in [4.78, 5) is 12.1. The van der Waals surface area contributed by atoms with E-state index < -0.39 is 18.9 Å². The Bertz CT molecular complexity index is 605. The van der Waals surface area contributed by atoms with E-state index in [0.29, 0.717) is 5.69 Å². The molecule has 20 heavy (non-hydrogen) atoms. The predicted molar refractivity (Wildman–Crippen MR) is 77.3 cm³/mol. The van der Waals surface area contributed by atoms with Crippen LogP contribution in [0.5, 0.6) is 0 Å². The summed E-state index contributed by atoms with van der Waals surface area (Å²) >= 11 is 3.34. The molecule has 6 heteroatoms. The Morgan fingerprint density at radius 2 is 2.15 bits per heavy atom. The molecule has 0 atom stereocenters. The van der Waals surface area contributed by atoms with Crippen LogP contribution in [0.25, 0.3) is 0 Å². The first-order chi connectivity index (χ1) is 9.45. The van der Waals surface area contributed by atoms with E-state index in [2.05, 4.69) is 21.2 Å². The van der Waals surface area contributed by atoms with Gasteiger partial charge in [0.2, 0.25) is 0 Å². The minimum absolute atomic E-state index is 0.211. The molecule has 0 saturated heterocycles. The van der Waals surface area contributed by atoms with Crippen LogP contribution in [0.4, 0.5) is 14.5 Å². The average molecular weight is 343 g/mol. The lowest BCUT2D eigenvalue weighted by molar-refractivity contribution is 0.0998. The van der Waals surface area contributed by atoms with Crippen molar-refractivity contribution < 1.29 is 13.6 Å². The van der Waals surface area contributed by atoms with Crippen molar-refractivity contribution in [2.75, 3.05) is 5.32 Å². The highest BCUT2D eigenvalue weighted by Gasteiger charge is 2.14. The topological polar surface area (TPSA) is 34.0 Å². The number of amides is 1. The molecule has 0 fully saturated rings. The molecule has 0 bridgehead atoms.